The molecule has 0 spiro atoms. The SMILES string of the molecule is COC(=O)N[C@H](C(=O)N1CCC[C@H]1C1=NC=C(c2cc(F)c3c(c2)OC(c2ccc4c(c2)OCCC4)n2c-3cc3cc(C4=CN=C([C@@H]5CCCN5C(=O)[C@@H](NC(=O)OC)C5CCOCC5)C4)ccc32)C1)C(C)C. The molecule has 7 aliphatic rings. The molecule has 8 heterocycles. The van der Waals surface area contributed by atoms with Gasteiger partial charge in [0.25, 0.3) is 0 Å². The van der Waals surface area contributed by atoms with E-state index in [2.05, 4.69) is 45.5 Å². The van der Waals surface area contributed by atoms with Crippen LogP contribution in [0, 0.1) is 17.7 Å². The first-order valence-corrected chi connectivity index (χ1v) is 25.8. The smallest absolute Gasteiger partial charge is 0.407 e. The van der Waals surface area contributed by atoms with Gasteiger partial charge in [-0.3, -0.25) is 19.6 Å². The third-order valence-electron chi connectivity index (χ3n) is 15.8. The minimum atomic E-state index is -0.750. The van der Waals surface area contributed by atoms with E-state index in [-0.39, 0.29) is 35.7 Å². The molecular formula is C56H62FN7O9. The van der Waals surface area contributed by atoms with Crippen molar-refractivity contribution in [3.63, 3.8) is 0 Å². The number of ether oxygens (including phenoxy) is 5. The molecular weight excluding hydrogens is 934 g/mol. The van der Waals surface area contributed by atoms with Crippen molar-refractivity contribution in [3.8, 4) is 22.8 Å². The number of benzene rings is 3. The zero-order chi connectivity index (χ0) is 50.5. The number of allylic oxidation sites excluding steroid dienone is 2. The lowest BCUT2D eigenvalue weighted by atomic mass is 9.90. The number of methoxy groups -OCH3 is 2. The van der Waals surface area contributed by atoms with Gasteiger partial charge in [0.05, 0.1) is 49.7 Å². The van der Waals surface area contributed by atoms with E-state index in [9.17, 15) is 19.2 Å². The van der Waals surface area contributed by atoms with E-state index >= 15 is 4.39 Å². The van der Waals surface area contributed by atoms with Gasteiger partial charge in [0, 0.05) is 73.9 Å². The molecule has 7 aliphatic heterocycles. The van der Waals surface area contributed by atoms with Crippen molar-refractivity contribution in [2.24, 2.45) is 21.8 Å². The van der Waals surface area contributed by atoms with E-state index < -0.39 is 36.3 Å². The Kier molecular flexibility index (Phi) is 13.3. The normalized spacial score (nSPS) is 22.2. The molecule has 1 aromatic heterocycles. The maximum Gasteiger partial charge on any atom is 0.407 e. The average Bonchev–Trinajstić information content (AvgIpc) is 4.28. The van der Waals surface area contributed by atoms with E-state index in [0.717, 1.165) is 94.4 Å². The van der Waals surface area contributed by atoms with Gasteiger partial charge in [0.2, 0.25) is 18.0 Å². The van der Waals surface area contributed by atoms with Gasteiger partial charge in [-0.05, 0) is 127 Å². The second kappa shape index (κ2) is 20.1. The summed E-state index contributed by atoms with van der Waals surface area (Å²) in [6.07, 6.45) is 9.06. The van der Waals surface area contributed by atoms with Crippen molar-refractivity contribution in [2.45, 2.75) is 108 Å². The highest BCUT2D eigenvalue weighted by molar-refractivity contribution is 6.06. The first-order chi connectivity index (χ1) is 35.5. The van der Waals surface area contributed by atoms with Gasteiger partial charge in [0.1, 0.15) is 29.4 Å². The largest absolute Gasteiger partial charge is 0.493 e. The van der Waals surface area contributed by atoms with E-state index in [1.54, 1.807) is 12.3 Å². The highest BCUT2D eigenvalue weighted by atomic mass is 19.1. The Morgan fingerprint density at radius 2 is 1.42 bits per heavy atom. The lowest BCUT2D eigenvalue weighted by Crippen LogP contribution is -2.55. The number of likely N-dealkylation sites (tertiary alicyclic amines) is 2. The maximum absolute atomic E-state index is 17.1. The number of aliphatic imine (C=N–C) groups is 2. The number of rotatable bonds is 11. The summed E-state index contributed by atoms with van der Waals surface area (Å²) in [7, 11) is 2.59. The second-order valence-corrected chi connectivity index (χ2v) is 20.5. The Hall–Kier alpha value is -7.01. The summed E-state index contributed by atoms with van der Waals surface area (Å²) in [5.41, 5.74) is 9.08. The van der Waals surface area contributed by atoms with Crippen LogP contribution in [0.25, 0.3) is 33.3 Å². The van der Waals surface area contributed by atoms with Crippen LogP contribution in [0.3, 0.4) is 0 Å². The fourth-order valence-corrected chi connectivity index (χ4v) is 12.0. The minimum absolute atomic E-state index is 0.0574. The number of alkyl carbamates (subject to hydrolysis) is 2. The Morgan fingerprint density at radius 3 is 2.12 bits per heavy atom. The van der Waals surface area contributed by atoms with Gasteiger partial charge in [-0.1, -0.05) is 32.0 Å². The summed E-state index contributed by atoms with van der Waals surface area (Å²) >= 11 is 0. The topological polar surface area (TPSA) is 175 Å². The van der Waals surface area contributed by atoms with Gasteiger partial charge in [-0.2, -0.15) is 0 Å². The maximum atomic E-state index is 17.1. The number of carbonyl (C=O) groups excluding carboxylic acids is 4. The van der Waals surface area contributed by atoms with Crippen molar-refractivity contribution in [2.75, 3.05) is 47.1 Å². The number of aromatic nitrogens is 1. The van der Waals surface area contributed by atoms with Crippen LogP contribution in [0.5, 0.6) is 11.5 Å². The van der Waals surface area contributed by atoms with E-state index in [1.165, 1.54) is 14.2 Å². The molecule has 17 heteroatoms. The van der Waals surface area contributed by atoms with Crippen LogP contribution in [-0.4, -0.2) is 121 Å². The molecule has 4 amide bonds. The van der Waals surface area contributed by atoms with E-state index in [0.29, 0.717) is 81.2 Å². The predicted molar refractivity (Wildman–Crippen MR) is 273 cm³/mol. The fourth-order valence-electron chi connectivity index (χ4n) is 12.0. The summed E-state index contributed by atoms with van der Waals surface area (Å²) in [5.74, 6) is 0.282. The first-order valence-electron chi connectivity index (χ1n) is 25.8. The van der Waals surface area contributed by atoms with Crippen LogP contribution in [0.2, 0.25) is 0 Å². The van der Waals surface area contributed by atoms with E-state index in [1.807, 2.05) is 48.0 Å². The number of aryl methyl sites for hydroxylation is 1. The lowest BCUT2D eigenvalue weighted by Gasteiger charge is -2.34. The quantitative estimate of drug-likeness (QED) is 0.149. The zero-order valence-electron chi connectivity index (χ0n) is 41.8. The summed E-state index contributed by atoms with van der Waals surface area (Å²) in [5, 5.41) is 6.46. The lowest BCUT2D eigenvalue weighted by molar-refractivity contribution is -0.135. The number of hydrogen-bond donors (Lipinski definition) is 2. The summed E-state index contributed by atoms with van der Waals surface area (Å²) in [4.78, 5) is 66.3. The summed E-state index contributed by atoms with van der Waals surface area (Å²) < 4.78 is 47.6. The minimum Gasteiger partial charge on any atom is -0.493 e. The van der Waals surface area contributed by atoms with Crippen molar-refractivity contribution in [1.82, 2.24) is 25.0 Å². The molecule has 73 heavy (non-hydrogen) atoms. The zero-order valence-corrected chi connectivity index (χ0v) is 41.8. The highest BCUT2D eigenvalue weighted by Gasteiger charge is 2.42. The summed E-state index contributed by atoms with van der Waals surface area (Å²) in [6, 6.07) is 16.0. The van der Waals surface area contributed by atoms with Gasteiger partial charge in [-0.25, -0.2) is 14.0 Å². The molecule has 16 nitrogen and oxygen atoms in total. The molecule has 0 aliphatic carbocycles. The summed E-state index contributed by atoms with van der Waals surface area (Å²) in [6.45, 7) is 6.61. The van der Waals surface area contributed by atoms with Crippen molar-refractivity contribution < 1.29 is 47.3 Å². The predicted octanol–water partition coefficient (Wildman–Crippen LogP) is 8.60. The van der Waals surface area contributed by atoms with Crippen LogP contribution in [-0.2, 0) is 30.2 Å². The van der Waals surface area contributed by atoms with Crippen LogP contribution >= 0.6 is 0 Å². The molecule has 1 unspecified atom stereocenters. The number of carbonyl (C=O) groups is 4. The van der Waals surface area contributed by atoms with Gasteiger partial charge in [0.15, 0.2) is 0 Å². The van der Waals surface area contributed by atoms with Crippen molar-refractivity contribution >= 4 is 57.5 Å². The molecule has 3 saturated heterocycles. The molecule has 0 saturated carbocycles. The molecule has 0 bridgehead atoms. The van der Waals surface area contributed by atoms with Crippen LogP contribution < -0.4 is 20.1 Å². The third-order valence-corrected chi connectivity index (χ3v) is 15.8. The highest BCUT2D eigenvalue weighted by Crippen LogP contribution is 2.48. The Balaban J connectivity index is 0.866. The molecule has 3 aromatic carbocycles. The monoisotopic (exact) mass is 995 g/mol. The first kappa shape index (κ1) is 48.3. The van der Waals surface area contributed by atoms with Gasteiger partial charge < -0.3 is 48.7 Å². The Labute approximate surface area is 423 Å². The molecule has 3 fully saturated rings. The number of nitrogens with one attached hydrogen (secondary N) is 2. The number of amides is 4. The van der Waals surface area contributed by atoms with Crippen LogP contribution in [0.1, 0.15) is 100 Å². The number of hydrogen-bond acceptors (Lipinski definition) is 11. The van der Waals surface area contributed by atoms with Gasteiger partial charge >= 0.3 is 12.2 Å². The van der Waals surface area contributed by atoms with Crippen LogP contribution in [0.15, 0.2) is 77.0 Å². The number of halogens is 1. The van der Waals surface area contributed by atoms with Gasteiger partial charge in [-0.15, -0.1) is 0 Å². The Morgan fingerprint density at radius 1 is 0.740 bits per heavy atom. The van der Waals surface area contributed by atoms with Crippen LogP contribution in [0.4, 0.5) is 14.0 Å². The molecule has 2 N–H and O–H groups in total. The van der Waals surface area contributed by atoms with E-state index in [4.69, 9.17) is 33.7 Å². The number of fused-ring (bicyclic) bond motifs is 6. The molecule has 4 aromatic rings. The molecule has 382 valence electrons. The fraction of sp³-hybridized carbons (Fsp3) is 0.464. The standard InChI is InChI=1S/C56H62FN7O9/c1-31(2)50(60-55(67)69-3)52(65)62-17-5-9-44(62)42-25-39(30-59-42)36-23-40(57)49-46-26-37-22-34(13-14-43(37)64(46)54(73-48(49)28-36)35-12-11-32-8-7-19-72-47(32)27-35)38-24-41(58-29-38)45-10-6-18-63(45)53(66)51(61-56(68)70-4)33-15-20-71-21-16-33/h11-14,22-23,26-31,33,44-45,50-51,54H,5-10,15-21,24-25H2,1-4H3,(H,60,67)(H,61,68)/t44-,45-,50-,51-,54?/m0/s1. The Bertz CT molecular complexity index is 3010. The van der Waals surface area contributed by atoms with Crippen molar-refractivity contribution in [1.29, 1.82) is 0 Å². The third kappa shape index (κ3) is 9.14. The second-order valence-electron chi connectivity index (χ2n) is 20.5. The van der Waals surface area contributed by atoms with Crippen molar-refractivity contribution in [3.05, 3.63) is 95.1 Å². The average molecular weight is 996 g/mol. The molecule has 11 rings (SSSR count). The molecule has 5 atom stereocenters. The number of nitrogens with zero attached hydrogens (tertiary/aromatic N) is 5. The molecule has 0 radical (unpaired) electrons.